The maximum atomic E-state index is 13.0. The molecule has 3 rings (SSSR count). The molecule has 1 heterocycles. The molecule has 8 nitrogen and oxygen atoms in total. The van der Waals surface area contributed by atoms with Gasteiger partial charge in [-0.25, -0.2) is 8.42 Å². The van der Waals surface area contributed by atoms with Crippen molar-refractivity contribution >= 4 is 27.3 Å². The van der Waals surface area contributed by atoms with Crippen molar-refractivity contribution in [2.45, 2.75) is 37.5 Å². The molecular weight excluding hydrogens is 394 g/mol. The molecule has 1 fully saturated rings. The lowest BCUT2D eigenvalue weighted by atomic mass is 10.1. The highest BCUT2D eigenvalue weighted by molar-refractivity contribution is 7.89. The van der Waals surface area contributed by atoms with Gasteiger partial charge in [0.05, 0.1) is 9.82 Å². The third-order valence-electron chi connectivity index (χ3n) is 4.97. The highest BCUT2D eigenvalue weighted by atomic mass is 32.2. The van der Waals surface area contributed by atoms with Crippen molar-refractivity contribution in [2.24, 2.45) is 0 Å². The third kappa shape index (κ3) is 4.80. The van der Waals surface area contributed by atoms with Crippen LogP contribution in [0.25, 0.3) is 0 Å². The zero-order chi connectivity index (χ0) is 21.0. The van der Waals surface area contributed by atoms with Crippen molar-refractivity contribution in [1.82, 2.24) is 4.31 Å². The maximum Gasteiger partial charge on any atom is 0.271 e. The third-order valence-corrected chi connectivity index (χ3v) is 6.87. The second-order valence-electron chi connectivity index (χ2n) is 7.06. The minimum Gasteiger partial charge on any atom is -0.322 e. The summed E-state index contributed by atoms with van der Waals surface area (Å²) in [6.07, 6.45) is 3.67. The van der Waals surface area contributed by atoms with E-state index in [0.717, 1.165) is 25.7 Å². The van der Waals surface area contributed by atoms with Crippen LogP contribution in [0.5, 0.6) is 0 Å². The number of rotatable bonds is 5. The Bertz CT molecular complexity index is 1030. The molecule has 9 heteroatoms. The van der Waals surface area contributed by atoms with Gasteiger partial charge in [0.1, 0.15) is 0 Å². The molecule has 0 saturated carbocycles. The van der Waals surface area contributed by atoms with Gasteiger partial charge in [0.2, 0.25) is 10.0 Å². The van der Waals surface area contributed by atoms with Gasteiger partial charge in [-0.3, -0.25) is 14.9 Å². The Morgan fingerprint density at radius 1 is 1.07 bits per heavy atom. The normalized spacial score (nSPS) is 15.5. The predicted molar refractivity (Wildman–Crippen MR) is 109 cm³/mol. The largest absolute Gasteiger partial charge is 0.322 e. The fourth-order valence-electron chi connectivity index (χ4n) is 3.33. The molecule has 29 heavy (non-hydrogen) atoms. The number of benzene rings is 2. The summed E-state index contributed by atoms with van der Waals surface area (Å²) in [5.41, 5.74) is 0.955. The van der Waals surface area contributed by atoms with Crippen LogP contribution in [0.1, 0.15) is 41.6 Å². The number of anilines is 1. The summed E-state index contributed by atoms with van der Waals surface area (Å²) >= 11 is 0. The van der Waals surface area contributed by atoms with Crippen LogP contribution in [0.3, 0.4) is 0 Å². The molecule has 1 amide bonds. The second kappa shape index (κ2) is 8.71. The van der Waals surface area contributed by atoms with Crippen LogP contribution in [0, 0.1) is 17.0 Å². The van der Waals surface area contributed by atoms with Crippen molar-refractivity contribution in [3.05, 3.63) is 63.7 Å². The lowest BCUT2D eigenvalue weighted by Crippen LogP contribution is -2.32. The first-order valence-electron chi connectivity index (χ1n) is 9.45. The number of non-ortho nitro benzene ring substituents is 1. The lowest BCUT2D eigenvalue weighted by molar-refractivity contribution is -0.384. The van der Waals surface area contributed by atoms with Crippen LogP contribution >= 0.6 is 0 Å². The summed E-state index contributed by atoms with van der Waals surface area (Å²) < 4.78 is 27.5. The maximum absolute atomic E-state index is 13.0. The molecule has 1 N–H and O–H groups in total. The van der Waals surface area contributed by atoms with Crippen LogP contribution in [-0.2, 0) is 10.0 Å². The van der Waals surface area contributed by atoms with Gasteiger partial charge < -0.3 is 5.32 Å². The molecule has 0 aromatic heterocycles. The Hall–Kier alpha value is -2.78. The van der Waals surface area contributed by atoms with Crippen molar-refractivity contribution < 1.29 is 18.1 Å². The minimum absolute atomic E-state index is 0.0780. The van der Waals surface area contributed by atoms with E-state index in [9.17, 15) is 23.3 Å². The molecule has 1 saturated heterocycles. The Labute approximate surface area is 169 Å². The van der Waals surface area contributed by atoms with Crippen molar-refractivity contribution in [2.75, 3.05) is 18.4 Å². The molecule has 0 unspecified atom stereocenters. The first-order chi connectivity index (χ1) is 13.8. The van der Waals surface area contributed by atoms with Gasteiger partial charge in [0.15, 0.2) is 0 Å². The number of hydrogen-bond donors (Lipinski definition) is 1. The quantitative estimate of drug-likeness (QED) is 0.589. The summed E-state index contributed by atoms with van der Waals surface area (Å²) in [5.74, 6) is -0.518. The van der Waals surface area contributed by atoms with Gasteiger partial charge in [-0.2, -0.15) is 4.31 Å². The molecule has 1 aliphatic rings. The van der Waals surface area contributed by atoms with E-state index in [4.69, 9.17) is 0 Å². The number of nitro benzene ring substituents is 1. The fourth-order valence-corrected chi connectivity index (χ4v) is 4.88. The predicted octanol–water partition coefficient (Wildman–Crippen LogP) is 3.72. The Morgan fingerprint density at radius 3 is 2.41 bits per heavy atom. The van der Waals surface area contributed by atoms with Crippen LogP contribution in [0.2, 0.25) is 0 Å². The number of carbonyl (C=O) groups is 1. The van der Waals surface area contributed by atoms with E-state index >= 15 is 0 Å². The first kappa shape index (κ1) is 20.9. The average Bonchev–Trinajstić information content (AvgIpc) is 2.98. The molecule has 2 aromatic carbocycles. The van der Waals surface area contributed by atoms with Gasteiger partial charge in [-0.15, -0.1) is 0 Å². The van der Waals surface area contributed by atoms with Gasteiger partial charge in [0.25, 0.3) is 11.6 Å². The standard InChI is InChI=1S/C20H23N3O5S/c1-15-9-10-18(29(27,28)22-11-4-2-3-5-12-22)14-19(15)20(24)21-16-7-6-8-17(13-16)23(25)26/h6-10,13-14H,2-5,11-12H2,1H3,(H,21,24). The van der Waals surface area contributed by atoms with E-state index in [1.54, 1.807) is 13.0 Å². The molecule has 154 valence electrons. The van der Waals surface area contributed by atoms with Crippen molar-refractivity contribution in [1.29, 1.82) is 0 Å². The number of sulfonamides is 1. The number of nitro groups is 1. The van der Waals surface area contributed by atoms with Crippen molar-refractivity contribution in [3.8, 4) is 0 Å². The molecule has 0 radical (unpaired) electrons. The summed E-state index contributed by atoms with van der Waals surface area (Å²) in [5, 5.41) is 13.5. The molecular formula is C20H23N3O5S. The van der Waals surface area contributed by atoms with Crippen LogP contribution in [0.15, 0.2) is 47.4 Å². The van der Waals surface area contributed by atoms with Crippen molar-refractivity contribution in [3.63, 3.8) is 0 Å². The van der Waals surface area contributed by atoms with E-state index in [1.165, 1.54) is 40.7 Å². The topological polar surface area (TPSA) is 110 Å². The Kier molecular flexibility index (Phi) is 6.29. The monoisotopic (exact) mass is 417 g/mol. The Morgan fingerprint density at radius 2 is 1.76 bits per heavy atom. The van der Waals surface area contributed by atoms with E-state index in [0.29, 0.717) is 18.7 Å². The molecule has 0 atom stereocenters. The first-order valence-corrected chi connectivity index (χ1v) is 10.9. The van der Waals surface area contributed by atoms with Crippen LogP contribution < -0.4 is 5.32 Å². The van der Waals surface area contributed by atoms with E-state index in [-0.39, 0.29) is 21.8 Å². The number of nitrogens with zero attached hydrogens (tertiary/aromatic N) is 2. The Balaban J connectivity index is 1.87. The summed E-state index contributed by atoms with van der Waals surface area (Å²) in [7, 11) is -3.68. The zero-order valence-electron chi connectivity index (χ0n) is 16.1. The van der Waals surface area contributed by atoms with E-state index in [1.807, 2.05) is 0 Å². The highest BCUT2D eigenvalue weighted by Gasteiger charge is 2.26. The highest BCUT2D eigenvalue weighted by Crippen LogP contribution is 2.24. The molecule has 0 spiro atoms. The minimum atomic E-state index is -3.68. The second-order valence-corrected chi connectivity index (χ2v) is 8.99. The van der Waals surface area contributed by atoms with E-state index < -0.39 is 20.9 Å². The van der Waals surface area contributed by atoms with Crippen LogP contribution in [0.4, 0.5) is 11.4 Å². The number of nitrogens with one attached hydrogen (secondary N) is 1. The molecule has 0 aliphatic carbocycles. The van der Waals surface area contributed by atoms with Gasteiger partial charge >= 0.3 is 0 Å². The number of carbonyl (C=O) groups excluding carboxylic acids is 1. The zero-order valence-corrected chi connectivity index (χ0v) is 16.9. The molecule has 2 aromatic rings. The summed E-state index contributed by atoms with van der Waals surface area (Å²) in [6.45, 7) is 2.67. The number of hydrogen-bond acceptors (Lipinski definition) is 5. The van der Waals surface area contributed by atoms with E-state index in [2.05, 4.69) is 5.32 Å². The lowest BCUT2D eigenvalue weighted by Gasteiger charge is -2.20. The summed E-state index contributed by atoms with van der Waals surface area (Å²) in [6, 6.07) is 10.1. The summed E-state index contributed by atoms with van der Waals surface area (Å²) in [4.78, 5) is 23.2. The average molecular weight is 417 g/mol. The van der Waals surface area contributed by atoms with Gasteiger partial charge in [-0.05, 0) is 43.5 Å². The molecule has 1 aliphatic heterocycles. The fraction of sp³-hybridized carbons (Fsp3) is 0.350. The number of amides is 1. The van der Waals surface area contributed by atoms with Gasteiger partial charge in [-0.1, -0.05) is 25.0 Å². The smallest absolute Gasteiger partial charge is 0.271 e. The SMILES string of the molecule is Cc1ccc(S(=O)(=O)N2CCCCCC2)cc1C(=O)Nc1cccc([N+](=O)[O-])c1. The van der Waals surface area contributed by atoms with Crippen LogP contribution in [-0.4, -0.2) is 36.6 Å². The number of aryl methyl sites for hydroxylation is 1. The molecule has 0 bridgehead atoms. The van der Waals surface area contributed by atoms with Gasteiger partial charge in [0, 0.05) is 36.5 Å².